The van der Waals surface area contributed by atoms with Gasteiger partial charge in [0.25, 0.3) is 0 Å². The lowest BCUT2D eigenvalue weighted by Crippen LogP contribution is -2.43. The number of carbonyl (C=O) groups excluding carboxylic acids is 1. The molecule has 1 aromatic heterocycles. The molecule has 8 heteroatoms. The minimum atomic E-state index is -0.456. The standard InChI is InChI=1S/C20H25FN4O3/c1-13(12-26)7-19-22-10-15-5-6-25(11-17(15)24-19)20(27)23-9-14-3-4-18(28-2)16(21)8-14/h3-4,8,10,13,26H,5-7,9,11-12H2,1-2H3,(H,23,27)/t13-/m1/s1. The average Bonchev–Trinajstić information content (AvgIpc) is 2.71. The topological polar surface area (TPSA) is 87.6 Å². The number of aromatic nitrogens is 2. The number of ether oxygens (including phenoxy) is 1. The van der Waals surface area contributed by atoms with Crippen molar-refractivity contribution in [3.63, 3.8) is 0 Å². The van der Waals surface area contributed by atoms with Crippen molar-refractivity contribution in [3.05, 3.63) is 52.9 Å². The number of fused-ring (bicyclic) bond motifs is 1. The van der Waals surface area contributed by atoms with Crippen molar-refractivity contribution in [2.45, 2.75) is 32.9 Å². The molecule has 0 saturated carbocycles. The van der Waals surface area contributed by atoms with Crippen LogP contribution in [0.1, 0.15) is 29.6 Å². The molecular formula is C20H25FN4O3. The summed E-state index contributed by atoms with van der Waals surface area (Å²) in [5.74, 6) is 0.485. The van der Waals surface area contributed by atoms with Crippen LogP contribution < -0.4 is 10.1 Å². The minimum Gasteiger partial charge on any atom is -0.494 e. The number of carbonyl (C=O) groups is 1. The first-order valence-corrected chi connectivity index (χ1v) is 9.30. The molecule has 150 valence electrons. The number of halogens is 1. The van der Waals surface area contributed by atoms with Gasteiger partial charge in [-0.3, -0.25) is 0 Å². The Kier molecular flexibility index (Phi) is 6.41. The zero-order chi connectivity index (χ0) is 20.1. The van der Waals surface area contributed by atoms with Crippen molar-refractivity contribution in [1.82, 2.24) is 20.2 Å². The maximum absolute atomic E-state index is 13.8. The molecule has 0 saturated heterocycles. The highest BCUT2D eigenvalue weighted by atomic mass is 19.1. The predicted octanol–water partition coefficient (Wildman–Crippen LogP) is 2.06. The third-order valence-electron chi connectivity index (χ3n) is 4.79. The molecule has 0 fully saturated rings. The fraction of sp³-hybridized carbons (Fsp3) is 0.450. The normalized spacial score (nSPS) is 14.4. The van der Waals surface area contributed by atoms with Crippen molar-refractivity contribution < 1.29 is 19.0 Å². The van der Waals surface area contributed by atoms with Crippen LogP contribution in [0.2, 0.25) is 0 Å². The molecule has 28 heavy (non-hydrogen) atoms. The van der Waals surface area contributed by atoms with Crippen LogP contribution in [0.3, 0.4) is 0 Å². The van der Waals surface area contributed by atoms with Gasteiger partial charge >= 0.3 is 6.03 Å². The fourth-order valence-electron chi connectivity index (χ4n) is 3.10. The molecule has 1 aliphatic rings. The lowest BCUT2D eigenvalue weighted by molar-refractivity contribution is 0.190. The Balaban J connectivity index is 1.60. The summed E-state index contributed by atoms with van der Waals surface area (Å²) in [4.78, 5) is 23.1. The zero-order valence-electron chi connectivity index (χ0n) is 16.1. The smallest absolute Gasteiger partial charge is 0.318 e. The molecule has 0 unspecified atom stereocenters. The second kappa shape index (κ2) is 8.97. The Morgan fingerprint density at radius 2 is 2.29 bits per heavy atom. The van der Waals surface area contributed by atoms with E-state index >= 15 is 0 Å². The van der Waals surface area contributed by atoms with Crippen LogP contribution in [0, 0.1) is 11.7 Å². The van der Waals surface area contributed by atoms with Gasteiger partial charge in [0.1, 0.15) is 5.82 Å². The largest absolute Gasteiger partial charge is 0.494 e. The zero-order valence-corrected chi connectivity index (χ0v) is 16.1. The molecule has 0 bridgehead atoms. The monoisotopic (exact) mass is 388 g/mol. The van der Waals surface area contributed by atoms with Gasteiger partial charge in [0, 0.05) is 32.3 Å². The molecule has 2 N–H and O–H groups in total. The van der Waals surface area contributed by atoms with E-state index in [2.05, 4.69) is 15.3 Å². The first kappa shape index (κ1) is 20.0. The third-order valence-corrected chi connectivity index (χ3v) is 4.79. The highest BCUT2D eigenvalue weighted by molar-refractivity contribution is 5.74. The Labute approximate surface area is 163 Å². The Bertz CT molecular complexity index is 846. The quantitative estimate of drug-likeness (QED) is 0.791. The molecule has 1 aromatic carbocycles. The van der Waals surface area contributed by atoms with Crippen molar-refractivity contribution in [1.29, 1.82) is 0 Å². The van der Waals surface area contributed by atoms with Gasteiger partial charge in [-0.05, 0) is 35.6 Å². The maximum atomic E-state index is 13.8. The maximum Gasteiger partial charge on any atom is 0.318 e. The van der Waals surface area contributed by atoms with Gasteiger partial charge in [-0.2, -0.15) is 0 Å². The van der Waals surface area contributed by atoms with Gasteiger partial charge in [-0.1, -0.05) is 13.0 Å². The number of urea groups is 1. The van der Waals surface area contributed by atoms with Crippen LogP contribution >= 0.6 is 0 Å². The van der Waals surface area contributed by atoms with Gasteiger partial charge in [0.05, 0.1) is 19.3 Å². The number of benzene rings is 1. The van der Waals surface area contributed by atoms with Crippen molar-refractivity contribution in [2.24, 2.45) is 5.92 Å². The summed E-state index contributed by atoms with van der Waals surface area (Å²) in [6.07, 6.45) is 3.10. The number of hydrogen-bond donors (Lipinski definition) is 2. The lowest BCUT2D eigenvalue weighted by Gasteiger charge is -2.28. The second-order valence-corrected chi connectivity index (χ2v) is 7.05. The molecule has 2 aromatic rings. The van der Waals surface area contributed by atoms with Gasteiger partial charge in [-0.25, -0.2) is 19.2 Å². The molecule has 7 nitrogen and oxygen atoms in total. The van der Waals surface area contributed by atoms with Crippen LogP contribution in [0.4, 0.5) is 9.18 Å². The minimum absolute atomic E-state index is 0.0843. The van der Waals surface area contributed by atoms with Gasteiger partial charge in [-0.15, -0.1) is 0 Å². The van der Waals surface area contributed by atoms with E-state index < -0.39 is 5.82 Å². The number of nitrogens with one attached hydrogen (secondary N) is 1. The predicted molar refractivity (Wildman–Crippen MR) is 101 cm³/mol. The number of aliphatic hydroxyl groups is 1. The summed E-state index contributed by atoms with van der Waals surface area (Å²) in [6.45, 7) is 3.23. The number of rotatable bonds is 6. The van der Waals surface area contributed by atoms with E-state index in [-0.39, 0.29) is 30.9 Å². The van der Waals surface area contributed by atoms with Crippen molar-refractivity contribution in [2.75, 3.05) is 20.3 Å². The van der Waals surface area contributed by atoms with E-state index in [0.29, 0.717) is 37.3 Å². The van der Waals surface area contributed by atoms with Crippen LogP contribution in [0.15, 0.2) is 24.4 Å². The lowest BCUT2D eigenvalue weighted by atomic mass is 10.1. The number of aliphatic hydroxyl groups excluding tert-OH is 1. The van der Waals surface area contributed by atoms with Crippen LogP contribution in [0.25, 0.3) is 0 Å². The summed E-state index contributed by atoms with van der Waals surface area (Å²) in [5.41, 5.74) is 2.54. The van der Waals surface area contributed by atoms with E-state index in [9.17, 15) is 14.3 Å². The molecule has 0 aliphatic carbocycles. The summed E-state index contributed by atoms with van der Waals surface area (Å²) >= 11 is 0. The molecule has 0 spiro atoms. The van der Waals surface area contributed by atoms with Crippen LogP contribution in [0.5, 0.6) is 5.75 Å². The Morgan fingerprint density at radius 1 is 1.46 bits per heavy atom. The molecule has 3 rings (SSSR count). The molecule has 1 atom stereocenters. The summed E-state index contributed by atoms with van der Waals surface area (Å²) in [7, 11) is 1.41. The first-order valence-electron chi connectivity index (χ1n) is 9.30. The van der Waals surface area contributed by atoms with Gasteiger partial charge in [0.2, 0.25) is 0 Å². The van der Waals surface area contributed by atoms with E-state index in [4.69, 9.17) is 4.74 Å². The number of nitrogens with zero attached hydrogens (tertiary/aromatic N) is 3. The van der Waals surface area contributed by atoms with Gasteiger partial charge < -0.3 is 20.1 Å². The second-order valence-electron chi connectivity index (χ2n) is 7.05. The highest BCUT2D eigenvalue weighted by Gasteiger charge is 2.22. The average molecular weight is 388 g/mol. The van der Waals surface area contributed by atoms with Crippen molar-refractivity contribution >= 4 is 6.03 Å². The van der Waals surface area contributed by atoms with E-state index in [1.165, 1.54) is 13.2 Å². The van der Waals surface area contributed by atoms with Gasteiger partial charge in [0.15, 0.2) is 11.6 Å². The summed E-state index contributed by atoms with van der Waals surface area (Å²) in [5, 5.41) is 12.0. The molecular weight excluding hydrogens is 363 g/mol. The molecule has 0 radical (unpaired) electrons. The Morgan fingerprint density at radius 3 is 3.00 bits per heavy atom. The third kappa shape index (κ3) is 4.75. The number of amides is 2. The molecule has 1 aliphatic heterocycles. The molecule has 2 heterocycles. The van der Waals surface area contributed by atoms with E-state index in [0.717, 1.165) is 11.3 Å². The Hall–Kier alpha value is -2.74. The number of methoxy groups -OCH3 is 1. The summed E-state index contributed by atoms with van der Waals surface area (Å²) < 4.78 is 18.7. The fourth-order valence-corrected chi connectivity index (χ4v) is 3.10. The molecule has 2 amide bonds. The SMILES string of the molecule is COc1ccc(CNC(=O)N2CCc3cnc(C[C@@H](C)CO)nc3C2)cc1F. The first-order chi connectivity index (χ1) is 13.5. The van der Waals surface area contributed by atoms with Crippen LogP contribution in [-0.2, 0) is 25.9 Å². The van der Waals surface area contributed by atoms with Crippen LogP contribution in [-0.4, -0.2) is 46.3 Å². The highest BCUT2D eigenvalue weighted by Crippen LogP contribution is 2.19. The van der Waals surface area contributed by atoms with Crippen molar-refractivity contribution in [3.8, 4) is 5.75 Å². The number of hydrogen-bond acceptors (Lipinski definition) is 5. The van der Waals surface area contributed by atoms with E-state index in [1.807, 2.05) is 13.1 Å². The summed E-state index contributed by atoms with van der Waals surface area (Å²) in [6, 6.07) is 4.40. The van der Waals surface area contributed by atoms with E-state index in [1.54, 1.807) is 17.0 Å².